The van der Waals surface area contributed by atoms with E-state index in [1.165, 1.54) is 37.3 Å². The van der Waals surface area contributed by atoms with E-state index in [4.69, 9.17) is 14.2 Å². The lowest BCUT2D eigenvalue weighted by Crippen LogP contribution is -2.29. The fraction of sp³-hybridized carbons (Fsp3) is 0.258. The van der Waals surface area contributed by atoms with Crippen LogP contribution >= 0.6 is 11.3 Å². The van der Waals surface area contributed by atoms with Gasteiger partial charge in [-0.25, -0.2) is 9.37 Å². The van der Waals surface area contributed by atoms with Gasteiger partial charge in [0.15, 0.2) is 16.6 Å². The highest BCUT2D eigenvalue weighted by Gasteiger charge is 2.48. The Balaban J connectivity index is 1.66. The second-order valence-corrected chi connectivity index (χ2v) is 10.5. The van der Waals surface area contributed by atoms with Crippen molar-refractivity contribution in [2.75, 3.05) is 25.7 Å². The maximum Gasteiger partial charge on any atom is 0.301 e. The second-order valence-electron chi connectivity index (χ2n) is 9.48. The maximum absolute atomic E-state index is 13.9. The highest BCUT2D eigenvalue weighted by Crippen LogP contribution is 2.46. The number of Topliss-reactive ketones (excluding diaryl/α,β-unsaturated/α-hetero) is 1. The summed E-state index contributed by atoms with van der Waals surface area (Å²) in [6, 6.07) is 14.8. The van der Waals surface area contributed by atoms with Crippen molar-refractivity contribution in [2.24, 2.45) is 0 Å². The monoisotopic (exact) mass is 576 g/mol. The number of benzene rings is 3. The summed E-state index contributed by atoms with van der Waals surface area (Å²) in [4.78, 5) is 32.9. The molecule has 1 aliphatic heterocycles. The van der Waals surface area contributed by atoms with Crippen LogP contribution in [-0.2, 0) is 9.59 Å². The number of carbonyl (C=O) groups is 2. The summed E-state index contributed by atoms with van der Waals surface area (Å²) in [5.74, 6) is -1.13. The van der Waals surface area contributed by atoms with Crippen LogP contribution in [0.2, 0.25) is 0 Å². The number of rotatable bonds is 10. The Morgan fingerprint density at radius 2 is 1.85 bits per heavy atom. The molecule has 5 rings (SSSR count). The number of carbonyl (C=O) groups excluding carboxylic acids is 2. The summed E-state index contributed by atoms with van der Waals surface area (Å²) in [7, 11) is 3.00. The normalized spacial score (nSPS) is 16.4. The van der Waals surface area contributed by atoms with Crippen LogP contribution in [-0.4, -0.2) is 42.6 Å². The molecule has 10 heteroatoms. The van der Waals surface area contributed by atoms with Gasteiger partial charge >= 0.3 is 5.91 Å². The summed E-state index contributed by atoms with van der Waals surface area (Å²) >= 11 is 1.08. The van der Waals surface area contributed by atoms with Crippen molar-refractivity contribution < 1.29 is 33.3 Å². The first kappa shape index (κ1) is 28.1. The van der Waals surface area contributed by atoms with Gasteiger partial charge in [-0.15, -0.1) is 0 Å². The Morgan fingerprint density at radius 1 is 1.02 bits per heavy atom. The van der Waals surface area contributed by atoms with Gasteiger partial charge in [-0.05, 0) is 54.4 Å². The maximum atomic E-state index is 13.9. The molecule has 0 aliphatic carbocycles. The van der Waals surface area contributed by atoms with Gasteiger partial charge < -0.3 is 19.3 Å². The topological polar surface area (TPSA) is 98.2 Å². The largest absolute Gasteiger partial charge is 0.507 e. The quantitative estimate of drug-likeness (QED) is 0.0977. The third kappa shape index (κ3) is 5.47. The first-order valence-corrected chi connectivity index (χ1v) is 14.0. The number of aliphatic hydroxyl groups excluding tert-OH is 1. The van der Waals surface area contributed by atoms with Crippen molar-refractivity contribution in [1.29, 1.82) is 0 Å². The fourth-order valence-corrected chi connectivity index (χ4v) is 5.79. The molecule has 1 saturated heterocycles. The molecule has 2 heterocycles. The summed E-state index contributed by atoms with van der Waals surface area (Å²) in [5.41, 5.74) is 1.17. The molecule has 1 aromatic heterocycles. The van der Waals surface area contributed by atoms with E-state index < -0.39 is 23.5 Å². The Bertz CT molecular complexity index is 1650. The third-order valence-electron chi connectivity index (χ3n) is 6.84. The Labute approximate surface area is 240 Å². The van der Waals surface area contributed by atoms with Gasteiger partial charge in [-0.2, -0.15) is 0 Å². The van der Waals surface area contributed by atoms with Gasteiger partial charge in [-0.3, -0.25) is 14.5 Å². The summed E-state index contributed by atoms with van der Waals surface area (Å²) in [5, 5.41) is 11.6. The van der Waals surface area contributed by atoms with E-state index in [0.717, 1.165) is 30.6 Å². The number of amides is 1. The molecule has 41 heavy (non-hydrogen) atoms. The van der Waals surface area contributed by atoms with Crippen molar-refractivity contribution in [2.45, 2.75) is 32.2 Å². The Morgan fingerprint density at radius 3 is 2.61 bits per heavy atom. The molecule has 212 valence electrons. The average Bonchev–Trinajstić information content (AvgIpc) is 3.52. The predicted octanol–water partition coefficient (Wildman–Crippen LogP) is 6.65. The highest BCUT2D eigenvalue weighted by atomic mass is 32.1. The van der Waals surface area contributed by atoms with Gasteiger partial charge in [0.25, 0.3) is 5.78 Å². The van der Waals surface area contributed by atoms with Gasteiger partial charge in [0.05, 0.1) is 42.7 Å². The number of thiazole rings is 1. The van der Waals surface area contributed by atoms with Crippen molar-refractivity contribution in [3.8, 4) is 17.2 Å². The van der Waals surface area contributed by atoms with Gasteiger partial charge in [0.2, 0.25) is 0 Å². The smallest absolute Gasteiger partial charge is 0.301 e. The average molecular weight is 577 g/mol. The third-order valence-corrected chi connectivity index (χ3v) is 7.86. The fourth-order valence-electron chi connectivity index (χ4n) is 4.77. The highest BCUT2D eigenvalue weighted by molar-refractivity contribution is 7.22. The van der Waals surface area contributed by atoms with Crippen LogP contribution in [0.1, 0.15) is 43.4 Å². The van der Waals surface area contributed by atoms with E-state index in [0.29, 0.717) is 45.2 Å². The molecule has 1 fully saturated rings. The molecular formula is C31H29FN2O6S. The number of halogens is 1. The molecule has 0 bridgehead atoms. The molecule has 8 nitrogen and oxygen atoms in total. The molecule has 3 aromatic carbocycles. The van der Waals surface area contributed by atoms with E-state index in [9.17, 15) is 19.1 Å². The van der Waals surface area contributed by atoms with Crippen LogP contribution in [0.15, 0.2) is 66.2 Å². The minimum atomic E-state index is -1.05. The number of aromatic nitrogens is 1. The zero-order valence-electron chi connectivity index (χ0n) is 22.8. The lowest BCUT2D eigenvalue weighted by atomic mass is 9.95. The number of ether oxygens (including phenoxy) is 3. The summed E-state index contributed by atoms with van der Waals surface area (Å²) in [6.45, 7) is 2.62. The molecule has 1 N–H and O–H groups in total. The molecule has 1 atom stereocenters. The summed E-state index contributed by atoms with van der Waals surface area (Å²) in [6.07, 6.45) is 2.98. The van der Waals surface area contributed by atoms with Crippen LogP contribution in [0, 0.1) is 5.82 Å². The van der Waals surface area contributed by atoms with Gasteiger partial charge in [0, 0.05) is 5.56 Å². The van der Waals surface area contributed by atoms with Crippen LogP contribution in [0.25, 0.3) is 16.0 Å². The van der Waals surface area contributed by atoms with Crippen LogP contribution in [0.4, 0.5) is 9.52 Å². The predicted molar refractivity (Wildman–Crippen MR) is 155 cm³/mol. The van der Waals surface area contributed by atoms with Crippen molar-refractivity contribution >= 4 is 44.1 Å². The van der Waals surface area contributed by atoms with Crippen molar-refractivity contribution in [1.82, 2.24) is 4.98 Å². The van der Waals surface area contributed by atoms with Crippen molar-refractivity contribution in [3.63, 3.8) is 0 Å². The number of aliphatic hydroxyl groups is 1. The van der Waals surface area contributed by atoms with E-state index in [1.807, 2.05) is 0 Å². The first-order chi connectivity index (χ1) is 19.9. The van der Waals surface area contributed by atoms with Gasteiger partial charge in [-0.1, -0.05) is 49.3 Å². The Kier molecular flexibility index (Phi) is 8.21. The molecule has 0 radical (unpaired) electrons. The number of fused-ring (bicyclic) bond motifs is 1. The number of nitrogens with zero attached hydrogens (tertiary/aromatic N) is 2. The number of hydrogen-bond donors (Lipinski definition) is 1. The standard InChI is InChI=1S/C31H29FN2O6S/c1-4-5-6-14-40-23-13-10-18(16-24(23)39-3)27-26(28(35)19-8-7-9-21(15-19)38-2)29(36)30(37)34(27)31-33-22-12-11-20(32)17-25(22)41-31/h7-13,15-17,27,35H,4-6,14H2,1-3H3/b28-26+. The van der Waals surface area contributed by atoms with Crippen LogP contribution < -0.4 is 19.1 Å². The molecule has 1 unspecified atom stereocenters. The molecule has 1 amide bonds. The zero-order valence-corrected chi connectivity index (χ0v) is 23.7. The van der Waals surface area contributed by atoms with Crippen LogP contribution in [0.5, 0.6) is 17.2 Å². The lowest BCUT2D eigenvalue weighted by Gasteiger charge is -2.24. The number of hydrogen-bond acceptors (Lipinski definition) is 8. The molecule has 1 aliphatic rings. The minimum absolute atomic E-state index is 0.118. The SMILES string of the molecule is CCCCCOc1ccc(C2/C(=C(\O)c3cccc(OC)c3)C(=O)C(=O)N2c2nc3ccc(F)cc3s2)cc1OC. The second kappa shape index (κ2) is 12.0. The molecule has 0 saturated carbocycles. The molecule has 4 aromatic rings. The van der Waals surface area contributed by atoms with Crippen LogP contribution in [0.3, 0.4) is 0 Å². The minimum Gasteiger partial charge on any atom is -0.507 e. The molecular weight excluding hydrogens is 547 g/mol. The van der Waals surface area contributed by atoms with Crippen molar-refractivity contribution in [3.05, 3.63) is 83.2 Å². The number of methoxy groups -OCH3 is 2. The Hall–Kier alpha value is -4.44. The van der Waals surface area contributed by atoms with E-state index in [-0.39, 0.29) is 16.5 Å². The first-order valence-electron chi connectivity index (χ1n) is 13.2. The molecule has 0 spiro atoms. The number of anilines is 1. The van der Waals surface area contributed by atoms with E-state index in [2.05, 4.69) is 11.9 Å². The number of unbranched alkanes of at least 4 members (excludes halogenated alkanes) is 2. The van der Waals surface area contributed by atoms with Gasteiger partial charge in [0.1, 0.15) is 17.3 Å². The van der Waals surface area contributed by atoms with E-state index in [1.54, 1.807) is 42.5 Å². The van der Waals surface area contributed by atoms with E-state index >= 15 is 0 Å². The summed E-state index contributed by atoms with van der Waals surface area (Å²) < 4.78 is 31.3. The lowest BCUT2D eigenvalue weighted by molar-refractivity contribution is -0.132. The number of ketones is 1. The zero-order chi connectivity index (χ0) is 29.1.